The summed E-state index contributed by atoms with van der Waals surface area (Å²) in [5.74, 6) is 2.24. The van der Waals surface area contributed by atoms with Crippen molar-refractivity contribution in [3.63, 3.8) is 0 Å². The van der Waals surface area contributed by atoms with Gasteiger partial charge in [-0.25, -0.2) is 0 Å². The molecule has 0 amide bonds. The van der Waals surface area contributed by atoms with Crippen LogP contribution in [-0.4, -0.2) is 30.9 Å². The van der Waals surface area contributed by atoms with E-state index >= 15 is 0 Å². The second-order valence-electron chi connectivity index (χ2n) is 6.10. The smallest absolute Gasteiger partial charge is 0.161 e. The molecule has 132 valence electrons. The molecule has 0 fully saturated rings. The standard InChI is InChI=1S/C21H20N2O3/c1-23-18-10-14(24-2)6-7-15(18)16-12-22-17(11-19(16)23)13-5-8-20(25-3)21(9-13)26-4/h5-12H,1-4H3. The van der Waals surface area contributed by atoms with Crippen molar-refractivity contribution in [3.05, 3.63) is 48.7 Å². The summed E-state index contributed by atoms with van der Waals surface area (Å²) in [4.78, 5) is 4.67. The van der Waals surface area contributed by atoms with Crippen LogP contribution in [0.25, 0.3) is 33.1 Å². The first-order valence-corrected chi connectivity index (χ1v) is 8.31. The minimum atomic E-state index is 0.689. The molecular weight excluding hydrogens is 328 g/mol. The summed E-state index contributed by atoms with van der Waals surface area (Å²) in [6.45, 7) is 0. The van der Waals surface area contributed by atoms with Gasteiger partial charge >= 0.3 is 0 Å². The first-order chi connectivity index (χ1) is 12.7. The minimum Gasteiger partial charge on any atom is -0.497 e. The summed E-state index contributed by atoms with van der Waals surface area (Å²) < 4.78 is 18.3. The number of methoxy groups -OCH3 is 3. The van der Waals surface area contributed by atoms with Gasteiger partial charge in [-0.2, -0.15) is 0 Å². The van der Waals surface area contributed by atoms with Crippen molar-refractivity contribution < 1.29 is 14.2 Å². The fourth-order valence-electron chi connectivity index (χ4n) is 3.36. The van der Waals surface area contributed by atoms with Crippen molar-refractivity contribution in [2.24, 2.45) is 7.05 Å². The number of aryl methyl sites for hydroxylation is 1. The molecule has 26 heavy (non-hydrogen) atoms. The number of fused-ring (bicyclic) bond motifs is 3. The lowest BCUT2D eigenvalue weighted by molar-refractivity contribution is 0.355. The van der Waals surface area contributed by atoms with E-state index in [2.05, 4.69) is 28.7 Å². The molecule has 0 radical (unpaired) electrons. The quantitative estimate of drug-likeness (QED) is 0.548. The Morgan fingerprint density at radius 2 is 1.54 bits per heavy atom. The number of nitrogens with zero attached hydrogens (tertiary/aromatic N) is 2. The van der Waals surface area contributed by atoms with E-state index in [1.807, 2.05) is 36.5 Å². The molecule has 0 unspecified atom stereocenters. The lowest BCUT2D eigenvalue weighted by Crippen LogP contribution is -1.92. The van der Waals surface area contributed by atoms with Crippen LogP contribution in [0.15, 0.2) is 48.7 Å². The van der Waals surface area contributed by atoms with Gasteiger partial charge in [0.1, 0.15) is 5.75 Å². The summed E-state index contributed by atoms with van der Waals surface area (Å²) in [6.07, 6.45) is 1.93. The number of benzene rings is 2. The molecule has 5 heteroatoms. The number of pyridine rings is 1. The molecule has 2 heterocycles. The van der Waals surface area contributed by atoms with Gasteiger partial charge in [-0.15, -0.1) is 0 Å². The van der Waals surface area contributed by atoms with Gasteiger partial charge in [0.2, 0.25) is 0 Å². The molecule has 4 rings (SSSR count). The topological polar surface area (TPSA) is 45.5 Å². The maximum atomic E-state index is 5.41. The normalized spacial score (nSPS) is 11.1. The van der Waals surface area contributed by atoms with Gasteiger partial charge in [-0.05, 0) is 36.4 Å². The molecule has 0 atom stereocenters. The summed E-state index contributed by atoms with van der Waals surface area (Å²) in [6, 6.07) is 14.0. The van der Waals surface area contributed by atoms with Gasteiger partial charge in [-0.3, -0.25) is 4.98 Å². The highest BCUT2D eigenvalue weighted by atomic mass is 16.5. The number of rotatable bonds is 4. The Hall–Kier alpha value is -3.21. The van der Waals surface area contributed by atoms with Crippen LogP contribution in [0.2, 0.25) is 0 Å². The van der Waals surface area contributed by atoms with Crippen LogP contribution in [0.3, 0.4) is 0 Å². The number of hydrogen-bond donors (Lipinski definition) is 0. The molecule has 5 nitrogen and oxygen atoms in total. The van der Waals surface area contributed by atoms with Crippen molar-refractivity contribution >= 4 is 21.8 Å². The van der Waals surface area contributed by atoms with Gasteiger partial charge < -0.3 is 18.8 Å². The van der Waals surface area contributed by atoms with Gasteiger partial charge in [0.05, 0.1) is 38.1 Å². The zero-order valence-corrected chi connectivity index (χ0v) is 15.2. The van der Waals surface area contributed by atoms with Crippen molar-refractivity contribution in [1.82, 2.24) is 9.55 Å². The molecule has 0 saturated heterocycles. The third-order valence-corrected chi connectivity index (χ3v) is 4.78. The Balaban J connectivity index is 1.90. The van der Waals surface area contributed by atoms with Crippen LogP contribution in [0.1, 0.15) is 0 Å². The Labute approximate surface area is 151 Å². The average Bonchev–Trinajstić information content (AvgIpc) is 2.98. The van der Waals surface area contributed by atoms with E-state index in [0.717, 1.165) is 38.8 Å². The monoisotopic (exact) mass is 348 g/mol. The highest BCUT2D eigenvalue weighted by molar-refractivity contribution is 6.08. The Morgan fingerprint density at radius 3 is 2.27 bits per heavy atom. The molecule has 2 aromatic heterocycles. The second kappa shape index (κ2) is 6.26. The van der Waals surface area contributed by atoms with Crippen LogP contribution in [0.4, 0.5) is 0 Å². The first kappa shape index (κ1) is 16.3. The van der Waals surface area contributed by atoms with E-state index in [-0.39, 0.29) is 0 Å². The fourth-order valence-corrected chi connectivity index (χ4v) is 3.36. The molecule has 0 aliphatic heterocycles. The molecule has 2 aromatic carbocycles. The zero-order valence-electron chi connectivity index (χ0n) is 15.2. The predicted octanol–water partition coefficient (Wildman–Crippen LogP) is 4.42. The van der Waals surface area contributed by atoms with Crippen LogP contribution >= 0.6 is 0 Å². The number of hydrogen-bond acceptors (Lipinski definition) is 4. The van der Waals surface area contributed by atoms with Crippen molar-refractivity contribution in [2.45, 2.75) is 0 Å². The SMILES string of the molecule is COc1ccc2c3cnc(-c4ccc(OC)c(OC)c4)cc3n(C)c2c1. The highest BCUT2D eigenvalue weighted by Crippen LogP contribution is 2.35. The molecule has 0 bridgehead atoms. The van der Waals surface area contributed by atoms with E-state index < -0.39 is 0 Å². The summed E-state index contributed by atoms with van der Waals surface area (Å²) in [7, 11) is 7.00. The minimum absolute atomic E-state index is 0.689. The Morgan fingerprint density at radius 1 is 0.769 bits per heavy atom. The van der Waals surface area contributed by atoms with Crippen molar-refractivity contribution in [1.29, 1.82) is 0 Å². The van der Waals surface area contributed by atoms with E-state index in [1.165, 1.54) is 0 Å². The van der Waals surface area contributed by atoms with E-state index in [4.69, 9.17) is 14.2 Å². The van der Waals surface area contributed by atoms with Gasteiger partial charge in [-0.1, -0.05) is 0 Å². The molecule has 0 saturated carbocycles. The maximum Gasteiger partial charge on any atom is 0.161 e. The van der Waals surface area contributed by atoms with Gasteiger partial charge in [0.15, 0.2) is 11.5 Å². The number of aromatic nitrogens is 2. The maximum absolute atomic E-state index is 5.41. The molecular formula is C21H20N2O3. The third-order valence-electron chi connectivity index (χ3n) is 4.78. The fraction of sp³-hybridized carbons (Fsp3) is 0.190. The zero-order chi connectivity index (χ0) is 18.3. The van der Waals surface area contributed by atoms with Gasteiger partial charge in [0, 0.05) is 35.6 Å². The lowest BCUT2D eigenvalue weighted by Gasteiger charge is -2.09. The van der Waals surface area contributed by atoms with Crippen LogP contribution in [0, 0.1) is 0 Å². The van der Waals surface area contributed by atoms with E-state index in [1.54, 1.807) is 21.3 Å². The molecule has 0 aliphatic rings. The average molecular weight is 348 g/mol. The summed E-state index contributed by atoms with van der Waals surface area (Å²) in [5, 5.41) is 2.28. The largest absolute Gasteiger partial charge is 0.497 e. The van der Waals surface area contributed by atoms with Crippen molar-refractivity contribution in [3.8, 4) is 28.5 Å². The van der Waals surface area contributed by atoms with Gasteiger partial charge in [0.25, 0.3) is 0 Å². The van der Waals surface area contributed by atoms with E-state index in [9.17, 15) is 0 Å². The summed E-state index contributed by atoms with van der Waals surface area (Å²) in [5.41, 5.74) is 4.10. The Bertz CT molecular complexity index is 1120. The summed E-state index contributed by atoms with van der Waals surface area (Å²) >= 11 is 0. The van der Waals surface area contributed by atoms with Crippen molar-refractivity contribution in [2.75, 3.05) is 21.3 Å². The highest BCUT2D eigenvalue weighted by Gasteiger charge is 2.13. The lowest BCUT2D eigenvalue weighted by atomic mass is 10.1. The molecule has 0 N–H and O–H groups in total. The van der Waals surface area contributed by atoms with E-state index in [0.29, 0.717) is 11.5 Å². The molecule has 4 aromatic rings. The van der Waals surface area contributed by atoms with Crippen LogP contribution in [-0.2, 0) is 7.05 Å². The first-order valence-electron chi connectivity index (χ1n) is 8.31. The van der Waals surface area contributed by atoms with Crippen LogP contribution in [0.5, 0.6) is 17.2 Å². The van der Waals surface area contributed by atoms with Crippen LogP contribution < -0.4 is 14.2 Å². The second-order valence-corrected chi connectivity index (χ2v) is 6.10. The third kappa shape index (κ3) is 2.44. The Kier molecular flexibility index (Phi) is 3.92. The number of ether oxygens (including phenoxy) is 3. The molecule has 0 spiro atoms. The predicted molar refractivity (Wildman–Crippen MR) is 103 cm³/mol. The molecule has 0 aliphatic carbocycles.